The quantitative estimate of drug-likeness (QED) is 0.550. The van der Waals surface area contributed by atoms with Gasteiger partial charge >= 0.3 is 6.03 Å². The van der Waals surface area contributed by atoms with Crippen LogP contribution < -0.4 is 5.32 Å². The van der Waals surface area contributed by atoms with Crippen LogP contribution in [-0.4, -0.2) is 70.0 Å². The number of fused-ring (bicyclic) bond motifs is 1. The second-order valence-electron chi connectivity index (χ2n) is 9.87. The summed E-state index contributed by atoms with van der Waals surface area (Å²) in [5, 5.41) is 6.26. The average molecular weight is 512 g/mol. The molecule has 0 bridgehead atoms. The van der Waals surface area contributed by atoms with Crippen molar-refractivity contribution in [1.29, 1.82) is 0 Å². The number of hydrazine groups is 1. The first kappa shape index (κ1) is 25.5. The molecule has 0 saturated carbocycles. The van der Waals surface area contributed by atoms with Crippen molar-refractivity contribution in [2.75, 3.05) is 20.1 Å². The Hall–Kier alpha value is -4.17. The fourth-order valence-corrected chi connectivity index (χ4v) is 5.42. The molecule has 0 spiro atoms. The number of urea groups is 1. The zero-order chi connectivity index (χ0) is 26.6. The number of nitrogens with one attached hydrogen (secondary N) is 1. The Morgan fingerprint density at radius 3 is 2.11 bits per heavy atom. The van der Waals surface area contributed by atoms with Crippen molar-refractivity contribution in [3.63, 3.8) is 0 Å². The SMILES string of the molecule is CC(c1ccccc1)N1C[C@H]2N(C(=O)CN(C)N2C(=O)NCc2ccccc2)[C@@H](Cc2ccccc2)C1=O. The summed E-state index contributed by atoms with van der Waals surface area (Å²) < 4.78 is 0. The number of nitrogens with zero attached hydrogens (tertiary/aromatic N) is 4. The molecule has 0 aliphatic carbocycles. The molecule has 0 radical (unpaired) electrons. The number of rotatable bonds is 6. The summed E-state index contributed by atoms with van der Waals surface area (Å²) >= 11 is 0. The number of hydrogen-bond acceptors (Lipinski definition) is 4. The van der Waals surface area contributed by atoms with Crippen molar-refractivity contribution >= 4 is 17.8 Å². The van der Waals surface area contributed by atoms with Crippen LogP contribution in [0.1, 0.15) is 29.7 Å². The second-order valence-corrected chi connectivity index (χ2v) is 9.87. The van der Waals surface area contributed by atoms with Gasteiger partial charge in [-0.25, -0.2) is 14.8 Å². The minimum absolute atomic E-state index is 0.0159. The molecule has 0 aromatic heterocycles. The molecular formula is C30H33N5O3. The molecule has 3 atom stereocenters. The first-order chi connectivity index (χ1) is 18.4. The maximum absolute atomic E-state index is 14.0. The van der Waals surface area contributed by atoms with Crippen LogP contribution in [0.3, 0.4) is 0 Å². The van der Waals surface area contributed by atoms with Crippen LogP contribution >= 0.6 is 0 Å². The topological polar surface area (TPSA) is 76.2 Å². The van der Waals surface area contributed by atoms with E-state index in [1.54, 1.807) is 22.0 Å². The highest BCUT2D eigenvalue weighted by Crippen LogP contribution is 2.32. The van der Waals surface area contributed by atoms with E-state index in [0.29, 0.717) is 13.0 Å². The number of benzene rings is 3. The van der Waals surface area contributed by atoms with Crippen molar-refractivity contribution in [2.45, 2.75) is 38.1 Å². The third kappa shape index (κ3) is 5.13. The highest BCUT2D eigenvalue weighted by molar-refractivity contribution is 5.92. The summed E-state index contributed by atoms with van der Waals surface area (Å²) in [7, 11) is 1.74. The molecular weight excluding hydrogens is 478 g/mol. The molecule has 8 nitrogen and oxygen atoms in total. The Morgan fingerprint density at radius 2 is 1.47 bits per heavy atom. The summed E-state index contributed by atoms with van der Waals surface area (Å²) in [6.45, 7) is 2.59. The molecule has 8 heteroatoms. The molecule has 2 fully saturated rings. The number of carbonyl (C=O) groups excluding carboxylic acids is 3. The van der Waals surface area contributed by atoms with Gasteiger partial charge in [-0.3, -0.25) is 9.59 Å². The van der Waals surface area contributed by atoms with E-state index in [0.717, 1.165) is 16.7 Å². The molecule has 3 aromatic rings. The average Bonchev–Trinajstić information content (AvgIpc) is 2.94. The minimum Gasteiger partial charge on any atom is -0.333 e. The number of carbonyl (C=O) groups is 3. The fourth-order valence-electron chi connectivity index (χ4n) is 5.42. The van der Waals surface area contributed by atoms with E-state index in [2.05, 4.69) is 5.32 Å². The Kier molecular flexibility index (Phi) is 7.42. The molecule has 196 valence electrons. The summed E-state index contributed by atoms with van der Waals surface area (Å²) in [6.07, 6.45) is -0.252. The monoisotopic (exact) mass is 511 g/mol. The van der Waals surface area contributed by atoms with Gasteiger partial charge in [0.2, 0.25) is 11.8 Å². The van der Waals surface area contributed by atoms with Gasteiger partial charge in [0, 0.05) is 20.0 Å². The lowest BCUT2D eigenvalue weighted by Crippen LogP contribution is -2.76. The van der Waals surface area contributed by atoms with Crippen molar-refractivity contribution in [3.8, 4) is 0 Å². The summed E-state index contributed by atoms with van der Waals surface area (Å²) in [6, 6.07) is 28.0. The summed E-state index contributed by atoms with van der Waals surface area (Å²) in [5.41, 5.74) is 2.95. The summed E-state index contributed by atoms with van der Waals surface area (Å²) in [5.74, 6) is -0.269. The van der Waals surface area contributed by atoms with Gasteiger partial charge in [-0.15, -0.1) is 0 Å². The predicted octanol–water partition coefficient (Wildman–Crippen LogP) is 3.43. The van der Waals surface area contributed by atoms with E-state index in [1.807, 2.05) is 103 Å². The molecule has 2 heterocycles. The predicted molar refractivity (Wildman–Crippen MR) is 144 cm³/mol. The largest absolute Gasteiger partial charge is 0.334 e. The highest BCUT2D eigenvalue weighted by Gasteiger charge is 2.51. The maximum atomic E-state index is 14.0. The minimum atomic E-state index is -0.715. The molecule has 1 N–H and O–H groups in total. The zero-order valence-electron chi connectivity index (χ0n) is 21.7. The normalized spacial score (nSPS) is 20.7. The number of hydrogen-bond donors (Lipinski definition) is 1. The van der Waals surface area contributed by atoms with Crippen molar-refractivity contribution < 1.29 is 14.4 Å². The molecule has 1 unspecified atom stereocenters. The van der Waals surface area contributed by atoms with Gasteiger partial charge in [-0.2, -0.15) is 0 Å². The third-order valence-electron chi connectivity index (χ3n) is 7.40. The van der Waals surface area contributed by atoms with Crippen molar-refractivity contribution in [1.82, 2.24) is 25.1 Å². The van der Waals surface area contributed by atoms with Gasteiger partial charge in [-0.05, 0) is 23.6 Å². The van der Waals surface area contributed by atoms with Crippen LogP contribution in [0.5, 0.6) is 0 Å². The smallest absolute Gasteiger partial charge is 0.333 e. The third-order valence-corrected chi connectivity index (χ3v) is 7.40. The lowest BCUT2D eigenvalue weighted by atomic mass is 9.96. The lowest BCUT2D eigenvalue weighted by molar-refractivity contribution is -0.189. The number of likely N-dealkylation sites (N-methyl/N-ethyl adjacent to an activating group) is 1. The highest BCUT2D eigenvalue weighted by atomic mass is 16.2. The zero-order valence-corrected chi connectivity index (χ0v) is 21.7. The van der Waals surface area contributed by atoms with Gasteiger partial charge in [0.15, 0.2) is 0 Å². The van der Waals surface area contributed by atoms with Crippen LogP contribution in [0.15, 0.2) is 91.0 Å². The number of piperazine rings is 1. The van der Waals surface area contributed by atoms with Crippen molar-refractivity contribution in [2.24, 2.45) is 0 Å². The van der Waals surface area contributed by atoms with E-state index in [4.69, 9.17) is 0 Å². The van der Waals surface area contributed by atoms with Crippen LogP contribution in [0.4, 0.5) is 4.79 Å². The molecule has 2 aliphatic rings. The van der Waals surface area contributed by atoms with Crippen LogP contribution in [0.2, 0.25) is 0 Å². The Bertz CT molecular complexity index is 1270. The van der Waals surface area contributed by atoms with E-state index in [-0.39, 0.29) is 37.0 Å². The summed E-state index contributed by atoms with van der Waals surface area (Å²) in [4.78, 5) is 44.5. The van der Waals surface area contributed by atoms with E-state index in [9.17, 15) is 14.4 Å². The molecule has 38 heavy (non-hydrogen) atoms. The van der Waals surface area contributed by atoms with Gasteiger partial charge in [-0.1, -0.05) is 91.0 Å². The lowest BCUT2D eigenvalue weighted by Gasteiger charge is -2.55. The molecule has 5 rings (SSSR count). The molecule has 4 amide bonds. The van der Waals surface area contributed by atoms with Crippen LogP contribution in [0, 0.1) is 0 Å². The van der Waals surface area contributed by atoms with Gasteiger partial charge in [0.05, 0.1) is 19.1 Å². The van der Waals surface area contributed by atoms with Crippen LogP contribution in [0.25, 0.3) is 0 Å². The first-order valence-corrected chi connectivity index (χ1v) is 13.0. The van der Waals surface area contributed by atoms with Gasteiger partial charge in [0.1, 0.15) is 12.2 Å². The molecule has 3 aromatic carbocycles. The number of amides is 4. The maximum Gasteiger partial charge on any atom is 0.334 e. The Morgan fingerprint density at radius 1 is 0.895 bits per heavy atom. The molecule has 2 saturated heterocycles. The fraction of sp³-hybridized carbons (Fsp3) is 0.300. The molecule has 2 aliphatic heterocycles. The van der Waals surface area contributed by atoms with Gasteiger partial charge in [0.25, 0.3) is 0 Å². The standard InChI is InChI=1S/C30H33N5O3/c1-22(25-16-10-5-11-17-25)33-20-27-34(26(29(33)37)18-23-12-6-3-7-13-23)28(36)21-32(2)35(27)30(38)31-19-24-14-8-4-9-15-24/h3-17,22,26-27H,18-21H2,1-2H3,(H,31,38)/t22?,26-,27-/m0/s1. The van der Waals surface area contributed by atoms with Crippen LogP contribution in [-0.2, 0) is 22.6 Å². The van der Waals surface area contributed by atoms with E-state index >= 15 is 0 Å². The van der Waals surface area contributed by atoms with Gasteiger partial charge < -0.3 is 15.1 Å². The first-order valence-electron chi connectivity index (χ1n) is 13.0. The van der Waals surface area contributed by atoms with E-state index < -0.39 is 12.2 Å². The second kappa shape index (κ2) is 11.1. The van der Waals surface area contributed by atoms with E-state index in [1.165, 1.54) is 0 Å². The Labute approximate surface area is 223 Å². The Balaban J connectivity index is 1.48. The van der Waals surface area contributed by atoms with Crippen molar-refractivity contribution in [3.05, 3.63) is 108 Å².